The largest absolute Gasteiger partial charge is 0.426 e. The number of carbonyl (C=O) groups excluding carboxylic acids is 1. The van der Waals surface area contributed by atoms with E-state index in [1.165, 1.54) is 11.1 Å². The van der Waals surface area contributed by atoms with Crippen molar-refractivity contribution in [1.82, 2.24) is 0 Å². The van der Waals surface area contributed by atoms with Crippen LogP contribution in [-0.2, 0) is 4.79 Å². The molecule has 1 aliphatic carbocycles. The SMILES string of the molecule is CC1=CCC(C(=O)Oc2ccc(N=Nc3ccc(C)cc3)cc2)C=C1. The lowest BCUT2D eigenvalue weighted by molar-refractivity contribution is -0.137. The summed E-state index contributed by atoms with van der Waals surface area (Å²) in [6.45, 7) is 4.05. The van der Waals surface area contributed by atoms with Gasteiger partial charge in [-0.05, 0) is 56.7 Å². The molecule has 0 bridgehead atoms. The highest BCUT2D eigenvalue weighted by molar-refractivity contribution is 5.77. The standard InChI is InChI=1S/C21H20N2O2/c1-15-3-7-17(8-4-15)21(24)25-20-13-11-19(12-14-20)23-22-18-9-5-16(2)6-10-18/h3-7,9-14,17H,8H2,1-2H3. The Balaban J connectivity index is 1.59. The molecule has 1 aliphatic rings. The fraction of sp³-hybridized carbons (Fsp3) is 0.190. The quantitative estimate of drug-likeness (QED) is 0.401. The topological polar surface area (TPSA) is 51.0 Å². The smallest absolute Gasteiger partial charge is 0.318 e. The van der Waals surface area contributed by atoms with Crippen molar-refractivity contribution in [2.24, 2.45) is 16.1 Å². The Morgan fingerprint density at radius 1 is 0.960 bits per heavy atom. The average Bonchev–Trinajstić information content (AvgIpc) is 2.63. The van der Waals surface area contributed by atoms with Crippen LogP contribution in [0.5, 0.6) is 5.75 Å². The summed E-state index contributed by atoms with van der Waals surface area (Å²) in [5.74, 6) is 0.0533. The second-order valence-corrected chi connectivity index (χ2v) is 6.10. The molecule has 0 saturated heterocycles. The fourth-order valence-electron chi connectivity index (χ4n) is 2.40. The number of esters is 1. The predicted molar refractivity (Wildman–Crippen MR) is 98.4 cm³/mol. The molecule has 1 atom stereocenters. The maximum atomic E-state index is 12.2. The van der Waals surface area contributed by atoms with Crippen LogP contribution in [0.2, 0.25) is 0 Å². The predicted octanol–water partition coefficient (Wildman–Crippen LogP) is 5.84. The van der Waals surface area contributed by atoms with E-state index in [0.717, 1.165) is 5.69 Å². The minimum absolute atomic E-state index is 0.218. The first-order valence-corrected chi connectivity index (χ1v) is 8.25. The lowest BCUT2D eigenvalue weighted by atomic mass is 9.98. The molecule has 0 aromatic heterocycles. The van der Waals surface area contributed by atoms with Gasteiger partial charge in [0.1, 0.15) is 5.75 Å². The molecule has 0 spiro atoms. The molecule has 126 valence electrons. The van der Waals surface area contributed by atoms with Crippen LogP contribution in [-0.4, -0.2) is 5.97 Å². The Bertz CT molecular complexity index is 831. The molecule has 0 N–H and O–H groups in total. The monoisotopic (exact) mass is 332 g/mol. The maximum Gasteiger partial charge on any atom is 0.318 e. The first kappa shape index (κ1) is 16.8. The first-order chi connectivity index (χ1) is 12.1. The van der Waals surface area contributed by atoms with E-state index < -0.39 is 0 Å². The fourth-order valence-corrected chi connectivity index (χ4v) is 2.40. The lowest BCUT2D eigenvalue weighted by Gasteiger charge is -2.13. The third-order valence-corrected chi connectivity index (χ3v) is 3.96. The summed E-state index contributed by atoms with van der Waals surface area (Å²) in [6.07, 6.45) is 6.57. The van der Waals surface area contributed by atoms with E-state index in [4.69, 9.17) is 4.74 Å². The van der Waals surface area contributed by atoms with Crippen molar-refractivity contribution in [2.45, 2.75) is 20.3 Å². The highest BCUT2D eigenvalue weighted by Crippen LogP contribution is 2.23. The summed E-state index contributed by atoms with van der Waals surface area (Å²) in [4.78, 5) is 12.2. The van der Waals surface area contributed by atoms with E-state index in [-0.39, 0.29) is 11.9 Å². The molecule has 25 heavy (non-hydrogen) atoms. The molecule has 0 heterocycles. The molecule has 3 rings (SSSR count). The van der Waals surface area contributed by atoms with Gasteiger partial charge in [0, 0.05) is 0 Å². The summed E-state index contributed by atoms with van der Waals surface area (Å²) < 4.78 is 5.43. The summed E-state index contributed by atoms with van der Waals surface area (Å²) in [7, 11) is 0. The van der Waals surface area contributed by atoms with Crippen LogP contribution in [0.3, 0.4) is 0 Å². The average molecular weight is 332 g/mol. The van der Waals surface area contributed by atoms with E-state index in [9.17, 15) is 4.79 Å². The van der Waals surface area contributed by atoms with Crippen molar-refractivity contribution < 1.29 is 9.53 Å². The Kier molecular flexibility index (Phi) is 5.19. The molecule has 0 saturated carbocycles. The summed E-state index contributed by atoms with van der Waals surface area (Å²) >= 11 is 0. The van der Waals surface area contributed by atoms with E-state index >= 15 is 0 Å². The summed E-state index contributed by atoms with van der Waals surface area (Å²) in [5.41, 5.74) is 3.86. The van der Waals surface area contributed by atoms with Gasteiger partial charge in [0.15, 0.2) is 0 Å². The minimum atomic E-state index is -0.242. The molecule has 0 fully saturated rings. The second kappa shape index (κ2) is 7.71. The lowest BCUT2D eigenvalue weighted by Crippen LogP contribution is -2.19. The molecule has 2 aromatic carbocycles. The van der Waals surface area contributed by atoms with Crippen molar-refractivity contribution in [3.8, 4) is 5.75 Å². The zero-order valence-corrected chi connectivity index (χ0v) is 14.3. The van der Waals surface area contributed by atoms with Crippen LogP contribution in [0.25, 0.3) is 0 Å². The van der Waals surface area contributed by atoms with E-state index in [0.29, 0.717) is 17.9 Å². The third-order valence-electron chi connectivity index (χ3n) is 3.96. The van der Waals surface area contributed by atoms with Crippen molar-refractivity contribution in [2.75, 3.05) is 0 Å². The number of carbonyl (C=O) groups is 1. The zero-order valence-electron chi connectivity index (χ0n) is 14.3. The van der Waals surface area contributed by atoms with Crippen molar-refractivity contribution in [1.29, 1.82) is 0 Å². The highest BCUT2D eigenvalue weighted by Gasteiger charge is 2.18. The molecule has 4 nitrogen and oxygen atoms in total. The third kappa shape index (κ3) is 4.73. The van der Waals surface area contributed by atoms with Crippen LogP contribution >= 0.6 is 0 Å². The number of benzene rings is 2. The van der Waals surface area contributed by atoms with E-state index in [1.807, 2.05) is 56.3 Å². The number of ether oxygens (including phenoxy) is 1. The van der Waals surface area contributed by atoms with Crippen molar-refractivity contribution in [3.63, 3.8) is 0 Å². The minimum Gasteiger partial charge on any atom is -0.426 e. The van der Waals surface area contributed by atoms with Gasteiger partial charge in [-0.3, -0.25) is 4.79 Å². The molecule has 0 radical (unpaired) electrons. The van der Waals surface area contributed by atoms with Gasteiger partial charge in [-0.2, -0.15) is 10.2 Å². The van der Waals surface area contributed by atoms with E-state index in [2.05, 4.69) is 10.2 Å². The Morgan fingerprint density at radius 2 is 1.56 bits per heavy atom. The normalized spacial score (nSPS) is 16.7. The summed E-state index contributed by atoms with van der Waals surface area (Å²) in [6, 6.07) is 14.8. The maximum absolute atomic E-state index is 12.2. The molecule has 0 amide bonds. The number of azo groups is 1. The van der Waals surface area contributed by atoms with E-state index in [1.54, 1.807) is 24.3 Å². The van der Waals surface area contributed by atoms with Gasteiger partial charge in [0.2, 0.25) is 0 Å². The molecule has 2 aromatic rings. The van der Waals surface area contributed by atoms with Crippen LogP contribution in [0.4, 0.5) is 11.4 Å². The first-order valence-electron chi connectivity index (χ1n) is 8.25. The molecular formula is C21H20N2O2. The Morgan fingerprint density at radius 3 is 2.12 bits per heavy atom. The number of aryl methyl sites for hydroxylation is 1. The van der Waals surface area contributed by atoms with Crippen LogP contribution in [0.1, 0.15) is 18.9 Å². The number of allylic oxidation sites excluding steroid dienone is 3. The highest BCUT2D eigenvalue weighted by atomic mass is 16.5. The van der Waals surface area contributed by atoms with Gasteiger partial charge >= 0.3 is 5.97 Å². The number of hydrogen-bond donors (Lipinski definition) is 0. The van der Waals surface area contributed by atoms with Gasteiger partial charge in [-0.15, -0.1) is 0 Å². The van der Waals surface area contributed by atoms with Crippen LogP contribution < -0.4 is 4.74 Å². The Hall–Kier alpha value is -3.01. The van der Waals surface area contributed by atoms with Crippen LogP contribution in [0.15, 0.2) is 82.6 Å². The number of rotatable bonds is 4. The Labute approximate surface area is 147 Å². The zero-order chi connectivity index (χ0) is 17.6. The molecular weight excluding hydrogens is 312 g/mol. The molecule has 0 aliphatic heterocycles. The van der Waals surface area contributed by atoms with Gasteiger partial charge in [-0.25, -0.2) is 0 Å². The molecule has 4 heteroatoms. The van der Waals surface area contributed by atoms with Crippen LogP contribution in [0, 0.1) is 12.8 Å². The van der Waals surface area contributed by atoms with Gasteiger partial charge in [0.25, 0.3) is 0 Å². The number of nitrogens with zero attached hydrogens (tertiary/aromatic N) is 2. The van der Waals surface area contributed by atoms with Crippen molar-refractivity contribution >= 4 is 17.3 Å². The second-order valence-electron chi connectivity index (χ2n) is 6.10. The number of hydrogen-bond acceptors (Lipinski definition) is 4. The summed E-state index contributed by atoms with van der Waals surface area (Å²) in [5, 5.41) is 8.38. The van der Waals surface area contributed by atoms with Crippen molar-refractivity contribution in [3.05, 3.63) is 77.9 Å². The van der Waals surface area contributed by atoms with Gasteiger partial charge in [0.05, 0.1) is 17.3 Å². The van der Waals surface area contributed by atoms with Gasteiger partial charge in [-0.1, -0.05) is 41.5 Å². The van der Waals surface area contributed by atoms with Gasteiger partial charge < -0.3 is 4.74 Å². The molecule has 1 unspecified atom stereocenters.